The summed E-state index contributed by atoms with van der Waals surface area (Å²) >= 11 is 1.28. The maximum atomic E-state index is 12.9. The molecule has 0 aliphatic carbocycles. The lowest BCUT2D eigenvalue weighted by Gasteiger charge is -1.99. The molecular weight excluding hydrogens is 299 g/mol. The molecule has 22 heavy (non-hydrogen) atoms. The van der Waals surface area contributed by atoms with Crippen LogP contribution in [0.3, 0.4) is 0 Å². The van der Waals surface area contributed by atoms with Gasteiger partial charge < -0.3 is 5.32 Å². The van der Waals surface area contributed by atoms with Gasteiger partial charge in [0.25, 0.3) is 5.91 Å². The Labute approximate surface area is 132 Å². The Balaban J connectivity index is 1.84. The minimum Gasteiger partial charge on any atom is -0.300 e. The highest BCUT2D eigenvalue weighted by molar-refractivity contribution is 8.18. The second-order valence-electron chi connectivity index (χ2n) is 4.81. The van der Waals surface area contributed by atoms with Crippen molar-refractivity contribution >= 4 is 34.6 Å². The highest BCUT2D eigenvalue weighted by Crippen LogP contribution is 2.28. The molecule has 0 saturated carbocycles. The molecule has 3 rings (SSSR count). The number of halogens is 1. The van der Waals surface area contributed by atoms with Gasteiger partial charge in [0.1, 0.15) is 5.82 Å². The fraction of sp³-hybridized carbons (Fsp3) is 0.0588. The Morgan fingerprint density at radius 2 is 1.86 bits per heavy atom. The topological polar surface area (TPSA) is 41.5 Å². The van der Waals surface area contributed by atoms with E-state index in [4.69, 9.17) is 0 Å². The van der Waals surface area contributed by atoms with Crippen LogP contribution in [0.15, 0.2) is 58.4 Å². The van der Waals surface area contributed by atoms with Crippen molar-refractivity contribution in [2.24, 2.45) is 4.99 Å². The van der Waals surface area contributed by atoms with Gasteiger partial charge in [0.05, 0.1) is 10.6 Å². The van der Waals surface area contributed by atoms with E-state index in [1.54, 1.807) is 12.1 Å². The minimum atomic E-state index is -0.313. The van der Waals surface area contributed by atoms with E-state index >= 15 is 0 Å². The van der Waals surface area contributed by atoms with Crippen molar-refractivity contribution in [3.63, 3.8) is 0 Å². The van der Waals surface area contributed by atoms with Crippen LogP contribution in [0.5, 0.6) is 0 Å². The lowest BCUT2D eigenvalue weighted by Crippen LogP contribution is -2.19. The fourth-order valence-corrected chi connectivity index (χ4v) is 2.84. The quantitative estimate of drug-likeness (QED) is 0.851. The van der Waals surface area contributed by atoms with Crippen LogP contribution in [-0.2, 0) is 4.79 Å². The molecule has 1 N–H and O–H groups in total. The van der Waals surface area contributed by atoms with E-state index in [0.717, 1.165) is 11.1 Å². The number of thioether (sulfide) groups is 1. The van der Waals surface area contributed by atoms with E-state index in [1.807, 2.05) is 37.3 Å². The number of hydrogen-bond donors (Lipinski definition) is 1. The van der Waals surface area contributed by atoms with E-state index in [1.165, 1.54) is 23.9 Å². The highest BCUT2D eigenvalue weighted by Gasteiger charge is 2.23. The zero-order valence-corrected chi connectivity index (χ0v) is 12.7. The summed E-state index contributed by atoms with van der Waals surface area (Å²) in [7, 11) is 0. The Morgan fingerprint density at radius 3 is 2.59 bits per heavy atom. The highest BCUT2D eigenvalue weighted by atomic mass is 32.2. The first-order valence-corrected chi connectivity index (χ1v) is 7.54. The van der Waals surface area contributed by atoms with Crippen molar-refractivity contribution < 1.29 is 9.18 Å². The van der Waals surface area contributed by atoms with Gasteiger partial charge in [-0.15, -0.1) is 0 Å². The average molecular weight is 312 g/mol. The first-order valence-electron chi connectivity index (χ1n) is 6.72. The number of benzene rings is 2. The first kappa shape index (κ1) is 14.5. The molecule has 1 heterocycles. The van der Waals surface area contributed by atoms with E-state index in [0.29, 0.717) is 15.8 Å². The maximum absolute atomic E-state index is 12.9. The summed E-state index contributed by atoms with van der Waals surface area (Å²) in [5.74, 6) is -0.485. The number of amides is 1. The van der Waals surface area contributed by atoms with Crippen molar-refractivity contribution in [3.05, 3.63) is 70.4 Å². The molecule has 0 bridgehead atoms. The molecule has 2 aromatic carbocycles. The van der Waals surface area contributed by atoms with Crippen molar-refractivity contribution in [3.8, 4) is 0 Å². The Morgan fingerprint density at radius 1 is 1.14 bits per heavy atom. The number of rotatable bonds is 2. The fourth-order valence-electron chi connectivity index (χ4n) is 2.00. The van der Waals surface area contributed by atoms with Crippen LogP contribution in [0.25, 0.3) is 6.08 Å². The molecule has 0 radical (unpaired) electrons. The van der Waals surface area contributed by atoms with Crippen LogP contribution >= 0.6 is 11.8 Å². The predicted molar refractivity (Wildman–Crippen MR) is 88.4 cm³/mol. The van der Waals surface area contributed by atoms with Gasteiger partial charge in [-0.25, -0.2) is 9.38 Å². The molecule has 3 nitrogen and oxygen atoms in total. The molecule has 2 aromatic rings. The van der Waals surface area contributed by atoms with Crippen molar-refractivity contribution in [2.75, 3.05) is 0 Å². The van der Waals surface area contributed by atoms with Gasteiger partial charge in [-0.05, 0) is 60.2 Å². The van der Waals surface area contributed by atoms with Crippen LogP contribution in [-0.4, -0.2) is 11.1 Å². The number of carbonyl (C=O) groups excluding carboxylic acids is 1. The molecular formula is C17H13FN2OS. The molecule has 1 aliphatic heterocycles. The normalized spacial score (nSPS) is 18.0. The lowest BCUT2D eigenvalue weighted by molar-refractivity contribution is -0.115. The molecule has 0 aromatic heterocycles. The summed E-state index contributed by atoms with van der Waals surface area (Å²) in [6.45, 7) is 2.00. The summed E-state index contributed by atoms with van der Waals surface area (Å²) in [6, 6.07) is 13.7. The van der Waals surface area contributed by atoms with Crippen molar-refractivity contribution in [2.45, 2.75) is 6.92 Å². The number of amidine groups is 1. The number of nitrogens with one attached hydrogen (secondary N) is 1. The Bertz CT molecular complexity index is 782. The summed E-state index contributed by atoms with van der Waals surface area (Å²) in [4.78, 5) is 16.9. The molecule has 0 atom stereocenters. The average Bonchev–Trinajstić information content (AvgIpc) is 2.84. The first-order chi connectivity index (χ1) is 10.6. The van der Waals surface area contributed by atoms with Gasteiger partial charge in [0.2, 0.25) is 0 Å². The van der Waals surface area contributed by atoms with Gasteiger partial charge in [-0.3, -0.25) is 4.79 Å². The van der Waals surface area contributed by atoms with Gasteiger partial charge in [-0.2, -0.15) is 0 Å². The molecule has 5 heteroatoms. The van der Waals surface area contributed by atoms with E-state index in [2.05, 4.69) is 10.3 Å². The van der Waals surface area contributed by atoms with E-state index < -0.39 is 0 Å². The third-order valence-corrected chi connectivity index (χ3v) is 4.09. The Hall–Kier alpha value is -2.40. The number of nitrogens with zero attached hydrogens (tertiary/aromatic N) is 1. The standard InChI is InChI=1S/C17H13FN2OS/c1-11-4-2-3-5-12(11)10-15-16(21)20-17(22-15)19-14-8-6-13(18)7-9-14/h2-10H,1H3,(H,19,20,21)/b15-10-. The van der Waals surface area contributed by atoms with Gasteiger partial charge in [-0.1, -0.05) is 24.3 Å². The van der Waals surface area contributed by atoms with Gasteiger partial charge >= 0.3 is 0 Å². The molecule has 1 amide bonds. The lowest BCUT2D eigenvalue weighted by atomic mass is 10.1. The summed E-state index contributed by atoms with van der Waals surface area (Å²) in [5, 5.41) is 3.22. The zero-order valence-electron chi connectivity index (χ0n) is 11.8. The van der Waals surface area contributed by atoms with E-state index in [9.17, 15) is 9.18 Å². The second kappa shape index (κ2) is 6.15. The minimum absolute atomic E-state index is 0.172. The second-order valence-corrected chi connectivity index (χ2v) is 5.85. The molecule has 0 spiro atoms. The number of aliphatic imine (C=N–C) groups is 1. The maximum Gasteiger partial charge on any atom is 0.264 e. The molecule has 1 fully saturated rings. The number of hydrogen-bond acceptors (Lipinski definition) is 3. The van der Waals surface area contributed by atoms with Crippen molar-refractivity contribution in [1.29, 1.82) is 0 Å². The van der Waals surface area contributed by atoms with Crippen molar-refractivity contribution in [1.82, 2.24) is 5.32 Å². The predicted octanol–water partition coefficient (Wildman–Crippen LogP) is 4.03. The SMILES string of the molecule is Cc1ccccc1/C=C1\SC(=Nc2ccc(F)cc2)NC1=O. The third-order valence-electron chi connectivity index (χ3n) is 3.18. The number of aryl methyl sites for hydroxylation is 1. The monoisotopic (exact) mass is 312 g/mol. The van der Waals surface area contributed by atoms with Crippen LogP contribution < -0.4 is 5.32 Å². The van der Waals surface area contributed by atoms with Gasteiger partial charge in [0.15, 0.2) is 5.17 Å². The van der Waals surface area contributed by atoms with Gasteiger partial charge in [0, 0.05) is 0 Å². The van der Waals surface area contributed by atoms with Crippen LogP contribution in [0.1, 0.15) is 11.1 Å². The largest absolute Gasteiger partial charge is 0.300 e. The molecule has 110 valence electrons. The molecule has 1 aliphatic rings. The molecule has 0 unspecified atom stereocenters. The van der Waals surface area contributed by atoms with Crippen LogP contribution in [0.2, 0.25) is 0 Å². The zero-order chi connectivity index (χ0) is 15.5. The third kappa shape index (κ3) is 3.26. The smallest absolute Gasteiger partial charge is 0.264 e. The Kier molecular flexibility index (Phi) is 4.06. The number of carbonyl (C=O) groups is 1. The molecule has 1 saturated heterocycles. The summed E-state index contributed by atoms with van der Waals surface area (Å²) in [6.07, 6.45) is 1.85. The van der Waals surface area contributed by atoms with E-state index in [-0.39, 0.29) is 11.7 Å². The summed E-state index contributed by atoms with van der Waals surface area (Å²) < 4.78 is 12.9. The summed E-state index contributed by atoms with van der Waals surface area (Å²) in [5.41, 5.74) is 2.71. The van der Waals surface area contributed by atoms with Crippen LogP contribution in [0, 0.1) is 12.7 Å². The van der Waals surface area contributed by atoms with Crippen LogP contribution in [0.4, 0.5) is 10.1 Å².